The van der Waals surface area contributed by atoms with Crippen molar-refractivity contribution in [3.8, 4) is 0 Å². The van der Waals surface area contributed by atoms with Crippen molar-refractivity contribution < 1.29 is 4.79 Å². The highest BCUT2D eigenvalue weighted by molar-refractivity contribution is 7.71. The number of piperidine rings is 2. The van der Waals surface area contributed by atoms with Gasteiger partial charge >= 0.3 is 0 Å². The molecule has 1 N–H and O–H groups in total. The van der Waals surface area contributed by atoms with E-state index < -0.39 is 0 Å². The van der Waals surface area contributed by atoms with E-state index >= 15 is 0 Å². The summed E-state index contributed by atoms with van der Waals surface area (Å²) in [6, 6.07) is 7.47. The summed E-state index contributed by atoms with van der Waals surface area (Å²) in [6.45, 7) is 8.36. The minimum atomic E-state index is -0.0343. The van der Waals surface area contributed by atoms with Crippen molar-refractivity contribution >= 4 is 29.0 Å². The maximum Gasteiger partial charge on any atom is 0.262 e. The van der Waals surface area contributed by atoms with Crippen LogP contribution in [0.4, 0.5) is 0 Å². The molecule has 3 heterocycles. The van der Waals surface area contributed by atoms with Gasteiger partial charge < -0.3 is 14.8 Å². The Morgan fingerprint density at radius 3 is 2.70 bits per heavy atom. The van der Waals surface area contributed by atoms with Gasteiger partial charge in [0.1, 0.15) is 0 Å². The van der Waals surface area contributed by atoms with Crippen LogP contribution in [0.2, 0.25) is 0 Å². The standard InChI is InChI=1S/C26H38N4O2S/c1-20-12-16-28(17-13-20)18-21-8-7-14-29(19-21)24(31)11-3-2-6-15-30-25(32)22-9-4-5-10-23(22)27-26(30)33/h4-5,9-10,20-21H,2-3,6-8,11-19H2,1H3,(H,27,33). The third kappa shape index (κ3) is 6.33. The Kier molecular flexibility index (Phi) is 8.36. The minimum absolute atomic E-state index is 0.0343. The maximum atomic E-state index is 12.8. The molecule has 4 rings (SSSR count). The number of benzene rings is 1. The predicted octanol–water partition coefficient (Wildman–Crippen LogP) is 4.59. The highest BCUT2D eigenvalue weighted by atomic mass is 32.1. The van der Waals surface area contributed by atoms with Gasteiger partial charge in [-0.3, -0.25) is 14.2 Å². The van der Waals surface area contributed by atoms with Gasteiger partial charge in [-0.25, -0.2) is 0 Å². The summed E-state index contributed by atoms with van der Waals surface area (Å²) in [5.74, 6) is 1.78. The van der Waals surface area contributed by atoms with Crippen LogP contribution in [-0.4, -0.2) is 58.0 Å². The lowest BCUT2D eigenvalue weighted by Gasteiger charge is -2.38. The number of nitrogens with one attached hydrogen (secondary N) is 1. The Labute approximate surface area is 202 Å². The van der Waals surface area contributed by atoms with E-state index in [1.165, 1.54) is 32.4 Å². The number of nitrogens with zero attached hydrogens (tertiary/aromatic N) is 3. The lowest BCUT2D eigenvalue weighted by molar-refractivity contribution is -0.133. The first-order valence-corrected chi connectivity index (χ1v) is 13.1. The SMILES string of the molecule is CC1CCN(CC2CCCN(C(=O)CCCCCn3c(=S)[nH]c4ccccc4c3=O)C2)CC1. The number of aromatic amines is 1. The molecule has 1 atom stereocenters. The Hall–Kier alpha value is -1.99. The first-order valence-electron chi connectivity index (χ1n) is 12.7. The van der Waals surface area contributed by atoms with Crippen molar-refractivity contribution in [2.75, 3.05) is 32.7 Å². The predicted molar refractivity (Wildman–Crippen MR) is 136 cm³/mol. The molecule has 180 valence electrons. The maximum absolute atomic E-state index is 12.8. The summed E-state index contributed by atoms with van der Waals surface area (Å²) in [5, 5.41) is 0.667. The molecule has 0 spiro atoms. The second-order valence-electron chi connectivity index (χ2n) is 10.1. The van der Waals surface area contributed by atoms with Crippen molar-refractivity contribution in [2.24, 2.45) is 11.8 Å². The highest BCUT2D eigenvalue weighted by Gasteiger charge is 2.26. The van der Waals surface area contributed by atoms with Gasteiger partial charge in [0.05, 0.1) is 10.9 Å². The molecule has 6 nitrogen and oxygen atoms in total. The molecule has 2 aliphatic heterocycles. The van der Waals surface area contributed by atoms with E-state index in [0.29, 0.717) is 34.9 Å². The van der Waals surface area contributed by atoms with Gasteiger partial charge in [0.25, 0.3) is 5.56 Å². The van der Waals surface area contributed by atoms with Crippen molar-refractivity contribution in [1.82, 2.24) is 19.4 Å². The molecule has 0 saturated carbocycles. The molecule has 1 unspecified atom stereocenters. The minimum Gasteiger partial charge on any atom is -0.342 e. The van der Waals surface area contributed by atoms with Crippen molar-refractivity contribution in [2.45, 2.75) is 64.8 Å². The molecule has 2 saturated heterocycles. The number of unbranched alkanes of at least 4 members (excludes halogenated alkanes) is 2. The van der Waals surface area contributed by atoms with Crippen molar-refractivity contribution in [3.63, 3.8) is 0 Å². The Morgan fingerprint density at radius 1 is 1.09 bits per heavy atom. The van der Waals surface area contributed by atoms with Crippen LogP contribution < -0.4 is 5.56 Å². The van der Waals surface area contributed by atoms with Gasteiger partial charge in [-0.1, -0.05) is 25.5 Å². The average molecular weight is 471 g/mol. The van der Waals surface area contributed by atoms with E-state index in [1.54, 1.807) is 4.57 Å². The second kappa shape index (κ2) is 11.4. The number of para-hydroxylation sites is 1. The fraction of sp³-hybridized carbons (Fsp3) is 0.654. The van der Waals surface area contributed by atoms with Crippen molar-refractivity contribution in [1.29, 1.82) is 0 Å². The number of hydrogen-bond donors (Lipinski definition) is 1. The molecule has 2 aliphatic rings. The molecule has 0 radical (unpaired) electrons. The van der Waals surface area contributed by atoms with Gasteiger partial charge in [0.15, 0.2) is 4.77 Å². The number of hydrogen-bond acceptors (Lipinski definition) is 4. The molecule has 2 fully saturated rings. The summed E-state index contributed by atoms with van der Waals surface area (Å²) in [7, 11) is 0. The molecule has 1 amide bonds. The third-order valence-electron chi connectivity index (χ3n) is 7.43. The van der Waals surface area contributed by atoms with Crippen LogP contribution in [0.5, 0.6) is 0 Å². The van der Waals surface area contributed by atoms with Crippen molar-refractivity contribution in [3.05, 3.63) is 39.4 Å². The third-order valence-corrected chi connectivity index (χ3v) is 7.75. The molecule has 1 aromatic carbocycles. The summed E-state index contributed by atoms with van der Waals surface area (Å²) >= 11 is 5.39. The molecular weight excluding hydrogens is 432 g/mol. The number of aromatic nitrogens is 2. The summed E-state index contributed by atoms with van der Waals surface area (Å²) in [5.41, 5.74) is 0.747. The quantitative estimate of drug-likeness (QED) is 0.453. The summed E-state index contributed by atoms with van der Waals surface area (Å²) < 4.78 is 2.12. The van der Waals surface area contributed by atoms with E-state index in [2.05, 4.69) is 21.7 Å². The molecule has 2 aromatic rings. The Morgan fingerprint density at radius 2 is 1.88 bits per heavy atom. The molecule has 0 aliphatic carbocycles. The van der Waals surface area contributed by atoms with Gasteiger partial charge in [-0.2, -0.15) is 0 Å². The fourth-order valence-corrected chi connectivity index (χ4v) is 5.62. The lowest BCUT2D eigenvalue weighted by Crippen LogP contribution is -2.45. The number of H-pyrrole nitrogens is 1. The first-order chi connectivity index (χ1) is 16.0. The normalized spacial score (nSPS) is 20.4. The number of rotatable bonds is 8. The summed E-state index contributed by atoms with van der Waals surface area (Å²) in [6.07, 6.45) is 8.23. The van der Waals surface area contributed by atoms with E-state index in [0.717, 1.165) is 56.8 Å². The van der Waals surface area contributed by atoms with Crippen LogP contribution in [0, 0.1) is 16.6 Å². The van der Waals surface area contributed by atoms with E-state index in [9.17, 15) is 9.59 Å². The zero-order chi connectivity index (χ0) is 23.2. The van der Waals surface area contributed by atoms with Crippen LogP contribution in [-0.2, 0) is 11.3 Å². The number of likely N-dealkylation sites (tertiary alicyclic amines) is 2. The van der Waals surface area contributed by atoms with Crippen LogP contribution in [0.25, 0.3) is 10.9 Å². The molecule has 0 bridgehead atoms. The molecule has 7 heteroatoms. The molecule has 1 aromatic heterocycles. The van der Waals surface area contributed by atoms with E-state index in [4.69, 9.17) is 12.2 Å². The van der Waals surface area contributed by atoms with E-state index in [1.807, 2.05) is 24.3 Å². The number of carbonyl (C=O) groups excluding carboxylic acids is 1. The van der Waals surface area contributed by atoms with Crippen LogP contribution in [0.3, 0.4) is 0 Å². The van der Waals surface area contributed by atoms with Gasteiger partial charge in [0.2, 0.25) is 5.91 Å². The number of amides is 1. The molecular formula is C26H38N4O2S. The highest BCUT2D eigenvalue weighted by Crippen LogP contribution is 2.22. The Balaban J connectivity index is 1.19. The second-order valence-corrected chi connectivity index (χ2v) is 10.5. The van der Waals surface area contributed by atoms with Gasteiger partial charge in [-0.05, 0) is 87.8 Å². The number of carbonyl (C=O) groups is 1. The number of fused-ring (bicyclic) bond motifs is 1. The Bertz CT molecular complexity index is 1050. The first kappa shape index (κ1) is 24.1. The van der Waals surface area contributed by atoms with Crippen LogP contribution >= 0.6 is 12.2 Å². The molecule has 33 heavy (non-hydrogen) atoms. The summed E-state index contributed by atoms with van der Waals surface area (Å²) in [4.78, 5) is 33.4. The monoisotopic (exact) mass is 470 g/mol. The fourth-order valence-electron chi connectivity index (χ4n) is 5.33. The van der Waals surface area contributed by atoms with Crippen LogP contribution in [0.15, 0.2) is 29.1 Å². The zero-order valence-electron chi connectivity index (χ0n) is 19.9. The van der Waals surface area contributed by atoms with Crippen LogP contribution in [0.1, 0.15) is 58.3 Å². The van der Waals surface area contributed by atoms with E-state index in [-0.39, 0.29) is 5.56 Å². The lowest BCUT2D eigenvalue weighted by atomic mass is 9.94. The zero-order valence-corrected chi connectivity index (χ0v) is 20.7. The van der Waals surface area contributed by atoms with Gasteiger partial charge in [-0.15, -0.1) is 0 Å². The topological polar surface area (TPSA) is 61.3 Å². The smallest absolute Gasteiger partial charge is 0.262 e. The van der Waals surface area contributed by atoms with Gasteiger partial charge in [0, 0.05) is 32.6 Å². The largest absolute Gasteiger partial charge is 0.342 e. The average Bonchev–Trinajstić information content (AvgIpc) is 2.82.